The maximum absolute atomic E-state index is 11.9. The highest BCUT2D eigenvalue weighted by atomic mass is 16.2. The highest BCUT2D eigenvalue weighted by Gasteiger charge is 2.16. The SMILES string of the molecule is O=C(/C=C\c1ccccn1)NCc1ccc(N2CCNC(=O)C2)cc1. The molecule has 2 amide bonds. The van der Waals surface area contributed by atoms with Crippen LogP contribution < -0.4 is 15.5 Å². The molecule has 2 aromatic rings. The molecule has 2 N–H and O–H groups in total. The van der Waals surface area contributed by atoms with Crippen LogP contribution in [-0.2, 0) is 16.1 Å². The summed E-state index contributed by atoms with van der Waals surface area (Å²) in [6.07, 6.45) is 4.84. The van der Waals surface area contributed by atoms with Gasteiger partial charge in [0.25, 0.3) is 0 Å². The van der Waals surface area contributed by atoms with E-state index >= 15 is 0 Å². The number of pyridine rings is 1. The van der Waals surface area contributed by atoms with E-state index in [0.717, 1.165) is 23.5 Å². The van der Waals surface area contributed by atoms with Gasteiger partial charge in [0.1, 0.15) is 0 Å². The third kappa shape index (κ3) is 4.91. The Morgan fingerprint density at radius 1 is 1.24 bits per heavy atom. The van der Waals surface area contributed by atoms with Crippen molar-refractivity contribution >= 4 is 23.6 Å². The van der Waals surface area contributed by atoms with Crippen molar-refractivity contribution in [2.75, 3.05) is 24.5 Å². The summed E-state index contributed by atoms with van der Waals surface area (Å²) in [4.78, 5) is 29.5. The number of anilines is 1. The van der Waals surface area contributed by atoms with Crippen LogP contribution in [0, 0.1) is 0 Å². The van der Waals surface area contributed by atoms with Gasteiger partial charge in [0.05, 0.1) is 12.2 Å². The number of carbonyl (C=O) groups is 2. The number of aromatic nitrogens is 1. The average molecular weight is 336 g/mol. The Morgan fingerprint density at radius 2 is 2.08 bits per heavy atom. The van der Waals surface area contributed by atoms with Crippen LogP contribution in [0.4, 0.5) is 5.69 Å². The van der Waals surface area contributed by atoms with E-state index in [4.69, 9.17) is 0 Å². The van der Waals surface area contributed by atoms with Crippen molar-refractivity contribution in [1.82, 2.24) is 15.6 Å². The lowest BCUT2D eigenvalue weighted by atomic mass is 10.2. The summed E-state index contributed by atoms with van der Waals surface area (Å²) in [6, 6.07) is 13.4. The van der Waals surface area contributed by atoms with E-state index < -0.39 is 0 Å². The largest absolute Gasteiger partial charge is 0.360 e. The van der Waals surface area contributed by atoms with Gasteiger partial charge in [0.15, 0.2) is 0 Å². The van der Waals surface area contributed by atoms with Gasteiger partial charge >= 0.3 is 0 Å². The zero-order valence-corrected chi connectivity index (χ0v) is 13.8. The Labute approximate surface area is 146 Å². The van der Waals surface area contributed by atoms with E-state index in [1.54, 1.807) is 12.3 Å². The number of carbonyl (C=O) groups excluding carboxylic acids is 2. The van der Waals surface area contributed by atoms with E-state index in [1.165, 1.54) is 6.08 Å². The topological polar surface area (TPSA) is 74.3 Å². The minimum absolute atomic E-state index is 0.0438. The summed E-state index contributed by atoms with van der Waals surface area (Å²) in [7, 11) is 0. The lowest BCUT2D eigenvalue weighted by molar-refractivity contribution is -0.120. The molecule has 1 aromatic carbocycles. The number of amides is 2. The highest BCUT2D eigenvalue weighted by molar-refractivity contribution is 5.91. The molecule has 1 fully saturated rings. The van der Waals surface area contributed by atoms with Gasteiger partial charge in [-0.05, 0) is 35.9 Å². The Kier molecular flexibility index (Phi) is 5.41. The second-order valence-corrected chi connectivity index (χ2v) is 5.74. The zero-order valence-electron chi connectivity index (χ0n) is 13.8. The van der Waals surface area contributed by atoms with Crippen molar-refractivity contribution in [1.29, 1.82) is 0 Å². The van der Waals surface area contributed by atoms with Crippen LogP contribution in [0.15, 0.2) is 54.7 Å². The van der Waals surface area contributed by atoms with Crippen LogP contribution in [0.2, 0.25) is 0 Å². The molecule has 1 aromatic heterocycles. The van der Waals surface area contributed by atoms with Gasteiger partial charge in [-0.15, -0.1) is 0 Å². The van der Waals surface area contributed by atoms with Gasteiger partial charge in [-0.1, -0.05) is 18.2 Å². The van der Waals surface area contributed by atoms with Crippen molar-refractivity contribution in [3.8, 4) is 0 Å². The number of nitrogens with zero attached hydrogens (tertiary/aromatic N) is 2. The fourth-order valence-electron chi connectivity index (χ4n) is 2.57. The molecule has 3 rings (SSSR count). The van der Waals surface area contributed by atoms with Crippen LogP contribution in [-0.4, -0.2) is 36.4 Å². The predicted octanol–water partition coefficient (Wildman–Crippen LogP) is 1.35. The highest BCUT2D eigenvalue weighted by Crippen LogP contribution is 2.16. The molecular formula is C19H20N4O2. The minimum atomic E-state index is -0.164. The van der Waals surface area contributed by atoms with Gasteiger partial charge in [-0.3, -0.25) is 14.6 Å². The second kappa shape index (κ2) is 8.10. The molecule has 1 aliphatic rings. The Morgan fingerprint density at radius 3 is 2.80 bits per heavy atom. The molecule has 6 heteroatoms. The zero-order chi connectivity index (χ0) is 17.5. The van der Waals surface area contributed by atoms with E-state index in [1.807, 2.05) is 47.4 Å². The lowest BCUT2D eigenvalue weighted by Crippen LogP contribution is -2.47. The van der Waals surface area contributed by atoms with Gasteiger partial charge in [-0.25, -0.2) is 0 Å². The van der Waals surface area contributed by atoms with Crippen molar-refractivity contribution in [3.05, 3.63) is 66.0 Å². The molecule has 0 spiro atoms. The molecule has 1 saturated heterocycles. The molecule has 0 aliphatic carbocycles. The molecule has 0 radical (unpaired) electrons. The molecule has 0 unspecified atom stereocenters. The first-order valence-corrected chi connectivity index (χ1v) is 8.18. The number of piperazine rings is 1. The first-order chi connectivity index (χ1) is 12.2. The number of rotatable bonds is 5. The molecule has 25 heavy (non-hydrogen) atoms. The number of nitrogens with one attached hydrogen (secondary N) is 2. The van der Waals surface area contributed by atoms with Crippen LogP contribution in [0.1, 0.15) is 11.3 Å². The van der Waals surface area contributed by atoms with Gasteiger partial charge in [0.2, 0.25) is 11.8 Å². The summed E-state index contributed by atoms with van der Waals surface area (Å²) in [5.74, 6) is -0.121. The van der Waals surface area contributed by atoms with E-state index in [2.05, 4.69) is 15.6 Å². The van der Waals surface area contributed by atoms with Crippen LogP contribution in [0.3, 0.4) is 0 Å². The van der Waals surface area contributed by atoms with Gasteiger partial charge in [-0.2, -0.15) is 0 Å². The Hall–Kier alpha value is -3.15. The molecule has 0 bridgehead atoms. The fraction of sp³-hybridized carbons (Fsp3) is 0.211. The summed E-state index contributed by atoms with van der Waals surface area (Å²) < 4.78 is 0. The standard InChI is InChI=1S/C19H20N4O2/c24-18(9-6-16-3-1-2-10-20-16)22-13-15-4-7-17(8-5-15)23-12-11-21-19(25)14-23/h1-10H,11-14H2,(H,21,25)(H,22,24)/b9-6-. The normalized spacial score (nSPS) is 14.4. The fourth-order valence-corrected chi connectivity index (χ4v) is 2.57. The minimum Gasteiger partial charge on any atom is -0.360 e. The number of hydrogen-bond donors (Lipinski definition) is 2. The van der Waals surface area contributed by atoms with Gasteiger partial charge in [0, 0.05) is 37.6 Å². The van der Waals surface area contributed by atoms with E-state index in [9.17, 15) is 9.59 Å². The molecule has 2 heterocycles. The Balaban J connectivity index is 1.50. The van der Waals surface area contributed by atoms with Crippen molar-refractivity contribution in [3.63, 3.8) is 0 Å². The van der Waals surface area contributed by atoms with Crippen LogP contribution in [0.5, 0.6) is 0 Å². The lowest BCUT2D eigenvalue weighted by Gasteiger charge is -2.28. The smallest absolute Gasteiger partial charge is 0.244 e. The quantitative estimate of drug-likeness (QED) is 0.808. The predicted molar refractivity (Wildman–Crippen MR) is 96.8 cm³/mol. The Bertz CT molecular complexity index is 757. The van der Waals surface area contributed by atoms with Crippen molar-refractivity contribution < 1.29 is 9.59 Å². The monoisotopic (exact) mass is 336 g/mol. The molecule has 1 aliphatic heterocycles. The van der Waals surface area contributed by atoms with Crippen LogP contribution in [0.25, 0.3) is 6.08 Å². The van der Waals surface area contributed by atoms with Crippen molar-refractivity contribution in [2.45, 2.75) is 6.54 Å². The second-order valence-electron chi connectivity index (χ2n) is 5.74. The maximum atomic E-state index is 11.9. The molecular weight excluding hydrogens is 316 g/mol. The summed E-state index contributed by atoms with van der Waals surface area (Å²) in [5, 5.41) is 5.65. The number of hydrogen-bond acceptors (Lipinski definition) is 4. The maximum Gasteiger partial charge on any atom is 0.244 e. The first kappa shape index (κ1) is 16.7. The molecule has 6 nitrogen and oxygen atoms in total. The molecule has 128 valence electrons. The van der Waals surface area contributed by atoms with E-state index in [-0.39, 0.29) is 11.8 Å². The van der Waals surface area contributed by atoms with Crippen molar-refractivity contribution in [2.24, 2.45) is 0 Å². The molecule has 0 saturated carbocycles. The third-order valence-electron chi connectivity index (χ3n) is 3.90. The van der Waals surface area contributed by atoms with Gasteiger partial charge < -0.3 is 15.5 Å². The third-order valence-corrected chi connectivity index (χ3v) is 3.90. The number of benzene rings is 1. The summed E-state index contributed by atoms with van der Waals surface area (Å²) in [6.45, 7) is 2.31. The molecule has 0 atom stereocenters. The summed E-state index contributed by atoms with van der Waals surface area (Å²) in [5.41, 5.74) is 2.76. The van der Waals surface area contributed by atoms with E-state index in [0.29, 0.717) is 19.6 Å². The average Bonchev–Trinajstić information content (AvgIpc) is 2.66. The van der Waals surface area contributed by atoms with Crippen LogP contribution >= 0.6 is 0 Å². The summed E-state index contributed by atoms with van der Waals surface area (Å²) >= 11 is 0. The first-order valence-electron chi connectivity index (χ1n) is 8.18.